The maximum atomic E-state index is 11.3. The molecule has 0 fully saturated rings. The van der Waals surface area contributed by atoms with E-state index >= 15 is 0 Å². The van der Waals surface area contributed by atoms with Crippen LogP contribution >= 0.6 is 11.6 Å². The van der Waals surface area contributed by atoms with Crippen LogP contribution < -0.4 is 5.73 Å². The number of non-ortho nitro benzene ring substituents is 1. The van der Waals surface area contributed by atoms with Crippen molar-refractivity contribution >= 4 is 34.0 Å². The molecule has 0 radical (unpaired) electrons. The van der Waals surface area contributed by atoms with Gasteiger partial charge in [0.25, 0.3) is 5.69 Å². The van der Waals surface area contributed by atoms with Crippen LogP contribution in [0.5, 0.6) is 5.75 Å². The van der Waals surface area contributed by atoms with Gasteiger partial charge in [-0.05, 0) is 35.9 Å². The minimum absolute atomic E-state index is 0.0720. The van der Waals surface area contributed by atoms with Crippen LogP contribution in [0.1, 0.15) is 5.56 Å². The number of amidine groups is 1. The summed E-state index contributed by atoms with van der Waals surface area (Å²) in [7, 11) is 0. The summed E-state index contributed by atoms with van der Waals surface area (Å²) in [6.07, 6.45) is 1.61. The first kappa shape index (κ1) is 21.2. The number of nitrogens with two attached hydrogens (primary N) is 1. The maximum absolute atomic E-state index is 11.3. The summed E-state index contributed by atoms with van der Waals surface area (Å²) in [4.78, 5) is 14.0. The summed E-state index contributed by atoms with van der Waals surface area (Å²) < 4.78 is 0. The molecule has 0 amide bonds. The lowest BCUT2D eigenvalue weighted by Crippen LogP contribution is -2.11. The van der Waals surface area contributed by atoms with E-state index < -0.39 is 4.92 Å². The van der Waals surface area contributed by atoms with Gasteiger partial charge in [0.15, 0.2) is 0 Å². The summed E-state index contributed by atoms with van der Waals surface area (Å²) in [5, 5.41) is 41.8. The van der Waals surface area contributed by atoms with Crippen LogP contribution in [0, 0.1) is 15.5 Å². The molecule has 0 bridgehead atoms. The van der Waals surface area contributed by atoms with Crippen molar-refractivity contribution in [3.05, 3.63) is 81.5 Å². The van der Waals surface area contributed by atoms with Crippen molar-refractivity contribution in [3.8, 4) is 39.4 Å². The lowest BCUT2D eigenvalue weighted by molar-refractivity contribution is -0.384. The quantitative estimate of drug-likeness (QED) is 0.106. The highest BCUT2D eigenvalue weighted by Gasteiger charge is 2.19. The molecule has 5 rings (SSSR count). The van der Waals surface area contributed by atoms with Crippen molar-refractivity contribution in [3.63, 3.8) is 0 Å². The average Bonchev–Trinajstić information content (AvgIpc) is 3.48. The van der Waals surface area contributed by atoms with Crippen LogP contribution in [0.2, 0.25) is 5.02 Å². The highest BCUT2D eigenvalue weighted by molar-refractivity contribution is 6.34. The molecule has 3 aromatic carbocycles. The number of nitro groups is 1. The van der Waals surface area contributed by atoms with Crippen LogP contribution in [0.25, 0.3) is 44.5 Å². The van der Waals surface area contributed by atoms with Gasteiger partial charge in [0.2, 0.25) is 0 Å². The molecule has 0 atom stereocenters. The average molecular weight is 474 g/mol. The van der Waals surface area contributed by atoms with Crippen molar-refractivity contribution < 1.29 is 10.0 Å². The van der Waals surface area contributed by atoms with Gasteiger partial charge in [0.05, 0.1) is 15.6 Å². The Morgan fingerprint density at radius 2 is 1.91 bits per heavy atom. The number of aromatic hydroxyl groups is 1. The van der Waals surface area contributed by atoms with Gasteiger partial charge in [0.1, 0.15) is 17.3 Å². The lowest BCUT2D eigenvalue weighted by Gasteiger charge is -2.12. The molecular formula is C23H16ClN7O3. The van der Waals surface area contributed by atoms with Crippen molar-refractivity contribution in [1.82, 2.24) is 20.4 Å². The van der Waals surface area contributed by atoms with Gasteiger partial charge in [-0.3, -0.25) is 20.6 Å². The number of nitrogens with zero attached hydrogens (tertiary/aromatic N) is 3. The molecule has 2 heterocycles. The predicted molar refractivity (Wildman–Crippen MR) is 129 cm³/mol. The SMILES string of the molecule is N=C(N)c1cc2cc(-c3cc(-c4c[nH]nn4)cc(-c4cccc([N+](=O)[O-])c4)c3O)[nH]c2cc1Cl. The molecule has 0 saturated heterocycles. The second kappa shape index (κ2) is 8.01. The zero-order valence-corrected chi connectivity index (χ0v) is 18.1. The fraction of sp³-hybridized carbons (Fsp3) is 0. The Labute approximate surface area is 196 Å². The summed E-state index contributed by atoms with van der Waals surface area (Å²) in [5.74, 6) is -0.226. The van der Waals surface area contributed by atoms with E-state index in [1.165, 1.54) is 12.1 Å². The number of fused-ring (bicyclic) bond motifs is 1. The van der Waals surface area contributed by atoms with E-state index in [1.54, 1.807) is 48.7 Å². The molecule has 10 nitrogen and oxygen atoms in total. The number of aromatic amines is 2. The number of halogens is 1. The van der Waals surface area contributed by atoms with Gasteiger partial charge in [-0.1, -0.05) is 28.9 Å². The fourth-order valence-corrected chi connectivity index (χ4v) is 4.11. The van der Waals surface area contributed by atoms with E-state index in [-0.39, 0.29) is 17.3 Å². The number of aromatic nitrogens is 4. The number of nitrogen functional groups attached to an aromatic ring is 1. The lowest BCUT2D eigenvalue weighted by atomic mass is 9.95. The summed E-state index contributed by atoms with van der Waals surface area (Å²) in [6.45, 7) is 0. The Morgan fingerprint density at radius 1 is 1.12 bits per heavy atom. The third-order valence-electron chi connectivity index (χ3n) is 5.48. The van der Waals surface area contributed by atoms with E-state index in [9.17, 15) is 15.2 Å². The Balaban J connectivity index is 1.75. The van der Waals surface area contributed by atoms with Gasteiger partial charge in [0, 0.05) is 51.5 Å². The van der Waals surface area contributed by atoms with Gasteiger partial charge >= 0.3 is 0 Å². The topological polar surface area (TPSA) is 171 Å². The second-order valence-electron chi connectivity index (χ2n) is 7.60. The highest BCUT2D eigenvalue weighted by atomic mass is 35.5. The smallest absolute Gasteiger partial charge is 0.270 e. The van der Waals surface area contributed by atoms with Crippen molar-refractivity contribution in [2.45, 2.75) is 0 Å². The first-order chi connectivity index (χ1) is 16.3. The first-order valence-electron chi connectivity index (χ1n) is 9.97. The zero-order valence-electron chi connectivity index (χ0n) is 17.3. The van der Waals surface area contributed by atoms with Crippen molar-refractivity contribution in [1.29, 1.82) is 5.41 Å². The molecule has 0 aliphatic carbocycles. The largest absolute Gasteiger partial charge is 0.507 e. The fourth-order valence-electron chi connectivity index (χ4n) is 3.84. The minimum Gasteiger partial charge on any atom is -0.507 e. The molecule has 168 valence electrons. The summed E-state index contributed by atoms with van der Waals surface area (Å²) >= 11 is 6.26. The number of hydrogen-bond acceptors (Lipinski definition) is 6. The first-order valence-corrected chi connectivity index (χ1v) is 10.4. The molecule has 11 heteroatoms. The molecule has 2 aromatic heterocycles. The standard InChI is InChI=1S/C23H16ClN7O3/c24-18-9-19-13(6-16(18)23(25)26)8-20(28-19)17-7-12(21-10-27-30-29-21)5-15(22(17)32)11-2-1-3-14(4-11)31(33)34/h1-10,28,32H,(H3,25,26)(H,27,29,30). The normalized spacial score (nSPS) is 11.1. The molecular weight excluding hydrogens is 458 g/mol. The van der Waals surface area contributed by atoms with Crippen LogP contribution in [0.4, 0.5) is 5.69 Å². The zero-order chi connectivity index (χ0) is 24.0. The Kier molecular flexibility index (Phi) is 4.99. The molecule has 5 aromatic rings. The second-order valence-corrected chi connectivity index (χ2v) is 8.01. The highest BCUT2D eigenvalue weighted by Crippen LogP contribution is 2.42. The third kappa shape index (κ3) is 3.61. The number of hydrogen-bond donors (Lipinski definition) is 5. The number of benzene rings is 3. The molecule has 34 heavy (non-hydrogen) atoms. The van der Waals surface area contributed by atoms with Crippen LogP contribution in [0.15, 0.2) is 60.8 Å². The van der Waals surface area contributed by atoms with E-state index in [4.69, 9.17) is 22.7 Å². The van der Waals surface area contributed by atoms with Gasteiger partial charge < -0.3 is 15.8 Å². The van der Waals surface area contributed by atoms with E-state index in [0.717, 1.165) is 5.39 Å². The number of H-pyrrole nitrogens is 2. The Hall–Kier alpha value is -4.70. The Bertz CT molecular complexity index is 1590. The number of nitrogens with one attached hydrogen (secondary N) is 3. The van der Waals surface area contributed by atoms with Crippen LogP contribution in [0.3, 0.4) is 0 Å². The monoisotopic (exact) mass is 473 g/mol. The van der Waals surface area contributed by atoms with E-state index in [0.29, 0.717) is 49.7 Å². The van der Waals surface area contributed by atoms with Gasteiger partial charge in [-0.25, -0.2) is 0 Å². The van der Waals surface area contributed by atoms with Crippen LogP contribution in [-0.4, -0.2) is 36.3 Å². The van der Waals surface area contributed by atoms with Crippen molar-refractivity contribution in [2.75, 3.05) is 0 Å². The van der Waals surface area contributed by atoms with Crippen molar-refractivity contribution in [2.24, 2.45) is 5.73 Å². The number of rotatable bonds is 5. The molecule has 0 unspecified atom stereocenters. The summed E-state index contributed by atoms with van der Waals surface area (Å²) in [5.41, 5.74) is 9.67. The molecule has 6 N–H and O–H groups in total. The predicted octanol–water partition coefficient (Wildman–Crippen LogP) is 4.84. The maximum Gasteiger partial charge on any atom is 0.270 e. The molecule has 0 aliphatic rings. The molecule has 0 aliphatic heterocycles. The minimum atomic E-state index is -0.489. The van der Waals surface area contributed by atoms with Gasteiger partial charge in [-0.2, -0.15) is 0 Å². The van der Waals surface area contributed by atoms with Gasteiger partial charge in [-0.15, -0.1) is 5.10 Å². The van der Waals surface area contributed by atoms with Crippen LogP contribution in [-0.2, 0) is 0 Å². The van der Waals surface area contributed by atoms with E-state index in [1.807, 2.05) is 0 Å². The number of nitro benzene ring substituents is 1. The Morgan fingerprint density at radius 3 is 2.62 bits per heavy atom. The third-order valence-corrected chi connectivity index (χ3v) is 5.79. The number of phenolic OH excluding ortho intramolecular Hbond substituents is 1. The molecule has 0 saturated carbocycles. The molecule has 0 spiro atoms. The van der Waals surface area contributed by atoms with E-state index in [2.05, 4.69) is 20.4 Å². The number of phenols is 1. The summed E-state index contributed by atoms with van der Waals surface area (Å²) in [6, 6.07) is 14.6.